The van der Waals surface area contributed by atoms with Crippen LogP contribution in [0.3, 0.4) is 0 Å². The van der Waals surface area contributed by atoms with Gasteiger partial charge in [-0.1, -0.05) is 57.5 Å². The summed E-state index contributed by atoms with van der Waals surface area (Å²) in [5.74, 6) is 1.06. The molecular weight excluding hydrogens is 362 g/mol. The highest BCUT2D eigenvalue weighted by Crippen LogP contribution is 2.32. The lowest BCUT2D eigenvalue weighted by atomic mass is 9.96. The Morgan fingerprint density at radius 1 is 1.07 bits per heavy atom. The van der Waals surface area contributed by atoms with Gasteiger partial charge in [-0.3, -0.25) is 4.79 Å². The Morgan fingerprint density at radius 3 is 2.33 bits per heavy atom. The zero-order valence-electron chi connectivity index (χ0n) is 16.5. The third-order valence-corrected chi connectivity index (χ3v) is 4.84. The van der Waals surface area contributed by atoms with E-state index in [1.54, 1.807) is 18.2 Å². The monoisotopic (exact) mass is 389 g/mol. The van der Waals surface area contributed by atoms with Crippen molar-refractivity contribution >= 4 is 17.5 Å². The summed E-state index contributed by atoms with van der Waals surface area (Å²) in [5, 5.41) is 13.3. The van der Waals surface area contributed by atoms with Gasteiger partial charge >= 0.3 is 0 Å². The number of halogens is 1. The van der Waals surface area contributed by atoms with Gasteiger partial charge in [0.15, 0.2) is 6.10 Å². The number of hydrogen-bond acceptors (Lipinski definition) is 3. The first-order valence-electron chi connectivity index (χ1n) is 9.19. The van der Waals surface area contributed by atoms with Crippen molar-refractivity contribution in [2.45, 2.75) is 52.2 Å². The van der Waals surface area contributed by atoms with E-state index in [2.05, 4.69) is 51.2 Å². The number of hydrogen-bond donors (Lipinski definition) is 2. The maximum atomic E-state index is 11.9. The lowest BCUT2D eigenvalue weighted by molar-refractivity contribution is -0.129. The number of rotatable bonds is 7. The number of benzene rings is 2. The van der Waals surface area contributed by atoms with E-state index in [1.807, 2.05) is 0 Å². The number of aliphatic hydroxyl groups excluding tert-OH is 1. The predicted molar refractivity (Wildman–Crippen MR) is 109 cm³/mol. The van der Waals surface area contributed by atoms with E-state index in [0.29, 0.717) is 28.0 Å². The molecule has 0 bridgehead atoms. The Labute approximate surface area is 166 Å². The number of ether oxygens (including phenoxy) is 1. The molecule has 0 aromatic heterocycles. The van der Waals surface area contributed by atoms with Crippen LogP contribution in [-0.2, 0) is 11.4 Å². The Bertz CT molecular complexity index is 802. The van der Waals surface area contributed by atoms with Crippen molar-refractivity contribution in [1.29, 1.82) is 0 Å². The van der Waals surface area contributed by atoms with Crippen LogP contribution in [0.25, 0.3) is 0 Å². The minimum Gasteiger partial charge on any atom is -0.489 e. The van der Waals surface area contributed by atoms with Crippen LogP contribution < -0.4 is 10.1 Å². The maximum Gasteiger partial charge on any atom is 0.253 e. The Balaban J connectivity index is 2.35. The average Bonchev–Trinajstić information content (AvgIpc) is 2.64. The third kappa shape index (κ3) is 5.24. The standard InChI is InChI=1S/C22H28ClNO3/c1-13(2)15-6-8-18(14(3)4)20(11-15)27-12-16-10-17(23)7-9-19(16)21(25)22(26)24-5/h6-11,13-14,21,25H,12H2,1-5H3,(H,24,26). The maximum absolute atomic E-state index is 11.9. The van der Waals surface area contributed by atoms with E-state index < -0.39 is 12.0 Å². The highest BCUT2D eigenvalue weighted by molar-refractivity contribution is 6.30. The molecular formula is C22H28ClNO3. The van der Waals surface area contributed by atoms with Crippen LogP contribution in [0.4, 0.5) is 0 Å². The summed E-state index contributed by atoms with van der Waals surface area (Å²) >= 11 is 6.13. The highest BCUT2D eigenvalue weighted by atomic mass is 35.5. The molecule has 4 nitrogen and oxygen atoms in total. The molecule has 1 unspecified atom stereocenters. The van der Waals surface area contributed by atoms with Gasteiger partial charge in [-0.25, -0.2) is 0 Å². The van der Waals surface area contributed by atoms with Gasteiger partial charge in [0, 0.05) is 12.1 Å². The molecule has 2 rings (SSSR count). The summed E-state index contributed by atoms with van der Waals surface area (Å²) in [5.41, 5.74) is 3.49. The molecule has 0 fully saturated rings. The molecule has 0 aliphatic carbocycles. The number of amides is 1. The Kier molecular flexibility index (Phi) is 7.28. The summed E-state index contributed by atoms with van der Waals surface area (Å²) < 4.78 is 6.13. The molecule has 1 amide bonds. The molecule has 0 saturated carbocycles. The van der Waals surface area contributed by atoms with Crippen molar-refractivity contribution in [3.63, 3.8) is 0 Å². The van der Waals surface area contributed by atoms with E-state index in [9.17, 15) is 9.90 Å². The number of carbonyl (C=O) groups excluding carboxylic acids is 1. The fourth-order valence-electron chi connectivity index (χ4n) is 2.91. The smallest absolute Gasteiger partial charge is 0.253 e. The molecule has 2 aromatic rings. The molecule has 2 N–H and O–H groups in total. The number of likely N-dealkylation sites (N-methyl/N-ethyl adjacent to an activating group) is 1. The van der Waals surface area contributed by atoms with Crippen molar-refractivity contribution < 1.29 is 14.6 Å². The number of nitrogens with one attached hydrogen (secondary N) is 1. The second kappa shape index (κ2) is 9.25. The second-order valence-electron chi connectivity index (χ2n) is 7.26. The van der Waals surface area contributed by atoms with Gasteiger partial charge in [-0.15, -0.1) is 0 Å². The molecule has 0 saturated heterocycles. The van der Waals surface area contributed by atoms with Gasteiger partial charge in [0.2, 0.25) is 0 Å². The molecule has 1 atom stereocenters. The van der Waals surface area contributed by atoms with E-state index in [4.69, 9.17) is 16.3 Å². The SMILES string of the molecule is CNC(=O)C(O)c1ccc(Cl)cc1COc1cc(C(C)C)ccc1C(C)C. The summed E-state index contributed by atoms with van der Waals surface area (Å²) in [7, 11) is 1.49. The van der Waals surface area contributed by atoms with Crippen LogP contribution in [0.2, 0.25) is 5.02 Å². The lowest BCUT2D eigenvalue weighted by Crippen LogP contribution is -2.26. The first kappa shape index (κ1) is 21.3. The van der Waals surface area contributed by atoms with Gasteiger partial charge in [0.1, 0.15) is 12.4 Å². The van der Waals surface area contributed by atoms with Crippen molar-refractivity contribution in [3.8, 4) is 5.75 Å². The first-order chi connectivity index (χ1) is 12.7. The summed E-state index contributed by atoms with van der Waals surface area (Å²) in [6.07, 6.45) is -1.27. The zero-order valence-corrected chi connectivity index (χ0v) is 17.3. The van der Waals surface area contributed by atoms with E-state index >= 15 is 0 Å². The molecule has 0 spiro atoms. The van der Waals surface area contributed by atoms with Gasteiger partial charge < -0.3 is 15.2 Å². The summed E-state index contributed by atoms with van der Waals surface area (Å²) in [4.78, 5) is 11.9. The minimum atomic E-state index is -1.27. The third-order valence-electron chi connectivity index (χ3n) is 4.60. The van der Waals surface area contributed by atoms with Crippen molar-refractivity contribution in [2.75, 3.05) is 7.05 Å². The lowest BCUT2D eigenvalue weighted by Gasteiger charge is -2.19. The van der Waals surface area contributed by atoms with Crippen LogP contribution in [0.5, 0.6) is 5.75 Å². The van der Waals surface area contributed by atoms with Crippen LogP contribution in [-0.4, -0.2) is 18.1 Å². The zero-order chi connectivity index (χ0) is 20.1. The van der Waals surface area contributed by atoms with E-state index in [0.717, 1.165) is 11.3 Å². The van der Waals surface area contributed by atoms with E-state index in [-0.39, 0.29) is 6.61 Å². The topological polar surface area (TPSA) is 58.6 Å². The van der Waals surface area contributed by atoms with Crippen molar-refractivity contribution in [2.24, 2.45) is 0 Å². The van der Waals surface area contributed by atoms with Crippen LogP contribution in [0.1, 0.15) is 67.9 Å². The van der Waals surface area contributed by atoms with Gasteiger partial charge in [-0.05, 0) is 52.3 Å². The summed E-state index contributed by atoms with van der Waals surface area (Å²) in [6.45, 7) is 8.74. The van der Waals surface area contributed by atoms with Crippen LogP contribution >= 0.6 is 11.6 Å². The normalized spacial score (nSPS) is 12.3. The van der Waals surface area contributed by atoms with E-state index in [1.165, 1.54) is 12.6 Å². The van der Waals surface area contributed by atoms with Gasteiger partial charge in [0.05, 0.1) is 0 Å². The Hall–Kier alpha value is -2.04. The molecule has 0 aliphatic heterocycles. The quantitative estimate of drug-likeness (QED) is 0.704. The molecule has 0 aliphatic rings. The first-order valence-corrected chi connectivity index (χ1v) is 9.57. The molecule has 0 radical (unpaired) electrons. The molecule has 146 valence electrons. The number of carbonyl (C=O) groups is 1. The molecule has 0 heterocycles. The van der Waals surface area contributed by atoms with Gasteiger partial charge in [-0.2, -0.15) is 0 Å². The average molecular weight is 390 g/mol. The van der Waals surface area contributed by atoms with Crippen molar-refractivity contribution in [1.82, 2.24) is 5.32 Å². The fraction of sp³-hybridized carbons (Fsp3) is 0.409. The highest BCUT2D eigenvalue weighted by Gasteiger charge is 2.20. The fourth-order valence-corrected chi connectivity index (χ4v) is 3.11. The molecule has 5 heteroatoms. The van der Waals surface area contributed by atoms with Crippen LogP contribution in [0.15, 0.2) is 36.4 Å². The minimum absolute atomic E-state index is 0.214. The Morgan fingerprint density at radius 2 is 1.74 bits per heavy atom. The summed E-state index contributed by atoms with van der Waals surface area (Å²) in [6, 6.07) is 11.4. The second-order valence-corrected chi connectivity index (χ2v) is 7.69. The van der Waals surface area contributed by atoms with Crippen LogP contribution in [0, 0.1) is 0 Å². The molecule has 2 aromatic carbocycles. The molecule has 27 heavy (non-hydrogen) atoms. The predicted octanol–water partition coefficient (Wildman–Crippen LogP) is 4.95. The van der Waals surface area contributed by atoms with Gasteiger partial charge in [0.25, 0.3) is 5.91 Å². The number of aliphatic hydroxyl groups is 1. The van der Waals surface area contributed by atoms with Crippen molar-refractivity contribution in [3.05, 3.63) is 63.7 Å². The largest absolute Gasteiger partial charge is 0.489 e.